The average Bonchev–Trinajstić information content (AvgIpc) is 2.66. The van der Waals surface area contributed by atoms with E-state index in [-0.39, 0.29) is 22.7 Å². The van der Waals surface area contributed by atoms with Crippen molar-refractivity contribution in [3.63, 3.8) is 0 Å². The number of carboxylic acids is 1. The number of phenolic OH excluding ortho intramolecular Hbond substituents is 1. The van der Waals surface area contributed by atoms with Gasteiger partial charge in [0.15, 0.2) is 0 Å². The van der Waals surface area contributed by atoms with E-state index < -0.39 is 11.8 Å². The molecule has 16 heavy (non-hydrogen) atoms. The summed E-state index contributed by atoms with van der Waals surface area (Å²) in [6.45, 7) is 0. The van der Waals surface area contributed by atoms with E-state index in [1.165, 1.54) is 12.1 Å². The normalized spacial score (nSPS) is 10.3. The van der Waals surface area contributed by atoms with E-state index in [4.69, 9.17) is 5.11 Å². The molecule has 0 saturated heterocycles. The molecule has 2 aromatic rings. The number of aromatic hydroxyl groups is 1. The van der Waals surface area contributed by atoms with E-state index in [2.05, 4.69) is 10.2 Å². The zero-order chi connectivity index (χ0) is 11.7. The third kappa shape index (κ3) is 1.72. The minimum atomic E-state index is -1.15. The molecular weight excluding hydrogens is 215 g/mol. The van der Waals surface area contributed by atoms with E-state index in [0.29, 0.717) is 0 Å². The smallest absolute Gasteiger partial charge is 0.353 e. The summed E-state index contributed by atoms with van der Waals surface area (Å²) in [5.74, 6) is -2.01. The molecule has 0 radical (unpaired) electrons. The van der Waals surface area contributed by atoms with Crippen LogP contribution in [0, 0.1) is 5.82 Å². The SMILES string of the molecule is O=C(O)c1cc(-c2ccc(F)cc2O)n[nH]1. The van der Waals surface area contributed by atoms with Crippen molar-refractivity contribution < 1.29 is 19.4 Å². The zero-order valence-electron chi connectivity index (χ0n) is 7.94. The molecule has 2 rings (SSSR count). The predicted octanol–water partition coefficient (Wildman–Crippen LogP) is 1.62. The molecule has 6 heteroatoms. The highest BCUT2D eigenvalue weighted by molar-refractivity contribution is 5.87. The molecule has 1 aromatic carbocycles. The van der Waals surface area contributed by atoms with E-state index in [1.54, 1.807) is 0 Å². The van der Waals surface area contributed by atoms with Crippen molar-refractivity contribution in [3.05, 3.63) is 35.8 Å². The van der Waals surface area contributed by atoms with Gasteiger partial charge < -0.3 is 10.2 Å². The fraction of sp³-hybridized carbons (Fsp3) is 0. The Morgan fingerprint density at radius 1 is 1.38 bits per heavy atom. The Balaban J connectivity index is 2.46. The first-order chi connectivity index (χ1) is 7.58. The van der Waals surface area contributed by atoms with Crippen LogP contribution >= 0.6 is 0 Å². The molecule has 0 spiro atoms. The van der Waals surface area contributed by atoms with Gasteiger partial charge in [0, 0.05) is 11.6 Å². The van der Waals surface area contributed by atoms with E-state index in [9.17, 15) is 14.3 Å². The summed E-state index contributed by atoms with van der Waals surface area (Å²) in [5, 5.41) is 24.1. The summed E-state index contributed by atoms with van der Waals surface area (Å²) >= 11 is 0. The minimum Gasteiger partial charge on any atom is -0.507 e. The molecule has 0 amide bonds. The van der Waals surface area contributed by atoms with Crippen molar-refractivity contribution >= 4 is 5.97 Å². The van der Waals surface area contributed by atoms with E-state index in [1.807, 2.05) is 0 Å². The number of benzene rings is 1. The molecule has 0 saturated carbocycles. The third-order valence-electron chi connectivity index (χ3n) is 2.04. The first-order valence-electron chi connectivity index (χ1n) is 4.35. The van der Waals surface area contributed by atoms with Crippen LogP contribution in [0.25, 0.3) is 11.3 Å². The fourth-order valence-electron chi connectivity index (χ4n) is 1.29. The molecule has 1 aromatic heterocycles. The van der Waals surface area contributed by atoms with Crippen LogP contribution in [0.2, 0.25) is 0 Å². The van der Waals surface area contributed by atoms with Gasteiger partial charge in [0.1, 0.15) is 17.3 Å². The Kier molecular flexibility index (Phi) is 2.32. The summed E-state index contributed by atoms with van der Waals surface area (Å²) in [5.41, 5.74) is 0.416. The van der Waals surface area contributed by atoms with Gasteiger partial charge >= 0.3 is 5.97 Å². The molecule has 0 aliphatic rings. The number of aromatic nitrogens is 2. The number of phenols is 1. The van der Waals surface area contributed by atoms with Gasteiger partial charge in [-0.2, -0.15) is 5.10 Å². The van der Waals surface area contributed by atoms with Gasteiger partial charge in [0.2, 0.25) is 0 Å². The molecule has 0 unspecified atom stereocenters. The molecule has 3 N–H and O–H groups in total. The van der Waals surface area contributed by atoms with Crippen molar-refractivity contribution in [1.29, 1.82) is 0 Å². The van der Waals surface area contributed by atoms with Gasteiger partial charge in [-0.05, 0) is 18.2 Å². The van der Waals surface area contributed by atoms with Crippen LogP contribution in [-0.4, -0.2) is 26.4 Å². The quantitative estimate of drug-likeness (QED) is 0.720. The molecular formula is C10H7FN2O3. The molecule has 5 nitrogen and oxygen atoms in total. The number of halogens is 1. The highest BCUT2D eigenvalue weighted by Crippen LogP contribution is 2.28. The number of nitrogens with one attached hydrogen (secondary N) is 1. The summed E-state index contributed by atoms with van der Waals surface area (Å²) in [6.07, 6.45) is 0. The minimum absolute atomic E-state index is 0.0984. The molecule has 1 heterocycles. The molecule has 0 fully saturated rings. The van der Waals surface area contributed by atoms with E-state index >= 15 is 0 Å². The molecule has 0 bridgehead atoms. The maximum Gasteiger partial charge on any atom is 0.353 e. The Morgan fingerprint density at radius 3 is 2.69 bits per heavy atom. The van der Waals surface area contributed by atoms with E-state index in [0.717, 1.165) is 12.1 Å². The van der Waals surface area contributed by atoms with Crippen molar-refractivity contribution in [3.8, 4) is 17.0 Å². The van der Waals surface area contributed by atoms with Crippen LogP contribution in [0.5, 0.6) is 5.75 Å². The maximum absolute atomic E-state index is 12.7. The van der Waals surface area contributed by atoms with Crippen LogP contribution in [0.4, 0.5) is 4.39 Å². The summed E-state index contributed by atoms with van der Waals surface area (Å²) in [4.78, 5) is 10.6. The summed E-state index contributed by atoms with van der Waals surface area (Å²) < 4.78 is 12.7. The first kappa shape index (κ1) is 10.2. The Labute approximate surface area is 89.2 Å². The number of hydrogen-bond acceptors (Lipinski definition) is 3. The molecule has 0 aliphatic carbocycles. The van der Waals surface area contributed by atoms with Crippen molar-refractivity contribution in [1.82, 2.24) is 10.2 Å². The van der Waals surface area contributed by atoms with Gasteiger partial charge in [-0.3, -0.25) is 5.10 Å². The van der Waals surface area contributed by atoms with Crippen LogP contribution < -0.4 is 0 Å². The number of carboxylic acid groups (broad SMARTS) is 1. The van der Waals surface area contributed by atoms with Crippen LogP contribution in [0.3, 0.4) is 0 Å². The highest BCUT2D eigenvalue weighted by atomic mass is 19.1. The number of rotatable bonds is 2. The zero-order valence-corrected chi connectivity index (χ0v) is 7.94. The second-order valence-corrected chi connectivity index (χ2v) is 3.13. The number of aromatic carboxylic acids is 1. The monoisotopic (exact) mass is 222 g/mol. The predicted molar refractivity (Wildman–Crippen MR) is 52.6 cm³/mol. The lowest BCUT2D eigenvalue weighted by Crippen LogP contribution is -1.95. The van der Waals surface area contributed by atoms with Gasteiger partial charge in [0.25, 0.3) is 0 Å². The van der Waals surface area contributed by atoms with Crippen molar-refractivity contribution in [2.75, 3.05) is 0 Å². The standard InChI is InChI=1S/C10H7FN2O3/c11-5-1-2-6(9(14)3-5)7-4-8(10(15)16)13-12-7/h1-4,14H,(H,12,13)(H,15,16). The van der Waals surface area contributed by atoms with Crippen molar-refractivity contribution in [2.24, 2.45) is 0 Å². The molecule has 0 atom stereocenters. The second-order valence-electron chi connectivity index (χ2n) is 3.13. The van der Waals surface area contributed by atoms with Gasteiger partial charge in [-0.25, -0.2) is 9.18 Å². The Hall–Kier alpha value is -2.37. The molecule has 0 aliphatic heterocycles. The molecule has 82 valence electrons. The second kappa shape index (κ2) is 3.65. The number of H-pyrrole nitrogens is 1. The summed E-state index contributed by atoms with van der Waals surface area (Å²) in [6, 6.07) is 4.68. The van der Waals surface area contributed by atoms with Crippen LogP contribution in [0.15, 0.2) is 24.3 Å². The Morgan fingerprint density at radius 2 is 2.12 bits per heavy atom. The van der Waals surface area contributed by atoms with Crippen LogP contribution in [-0.2, 0) is 0 Å². The largest absolute Gasteiger partial charge is 0.507 e. The highest BCUT2D eigenvalue weighted by Gasteiger charge is 2.12. The lowest BCUT2D eigenvalue weighted by Gasteiger charge is -1.99. The lowest BCUT2D eigenvalue weighted by molar-refractivity contribution is 0.0690. The van der Waals surface area contributed by atoms with Gasteiger partial charge in [-0.1, -0.05) is 0 Å². The maximum atomic E-state index is 12.7. The number of aromatic amines is 1. The average molecular weight is 222 g/mol. The third-order valence-corrected chi connectivity index (χ3v) is 2.04. The number of hydrogen-bond donors (Lipinski definition) is 3. The number of carbonyl (C=O) groups is 1. The first-order valence-corrected chi connectivity index (χ1v) is 4.35. The lowest BCUT2D eigenvalue weighted by atomic mass is 10.1. The van der Waals surface area contributed by atoms with Gasteiger partial charge in [0.05, 0.1) is 5.69 Å². The topological polar surface area (TPSA) is 86.2 Å². The Bertz CT molecular complexity index is 551. The van der Waals surface area contributed by atoms with Crippen LogP contribution in [0.1, 0.15) is 10.5 Å². The summed E-state index contributed by atoms with van der Waals surface area (Å²) in [7, 11) is 0. The number of nitrogens with zero attached hydrogens (tertiary/aromatic N) is 1. The van der Waals surface area contributed by atoms with Crippen molar-refractivity contribution in [2.45, 2.75) is 0 Å². The van der Waals surface area contributed by atoms with Gasteiger partial charge in [-0.15, -0.1) is 0 Å². The fourth-order valence-corrected chi connectivity index (χ4v) is 1.29.